The number of rotatable bonds is 3. The zero-order valence-electron chi connectivity index (χ0n) is 11.8. The van der Waals surface area contributed by atoms with Gasteiger partial charge < -0.3 is 9.64 Å². The molecular formula is C14H17N5O2. The van der Waals surface area contributed by atoms with Gasteiger partial charge in [-0.3, -0.25) is 0 Å². The van der Waals surface area contributed by atoms with Crippen LogP contribution in [-0.2, 0) is 11.3 Å². The molecule has 0 bridgehead atoms. The summed E-state index contributed by atoms with van der Waals surface area (Å²) in [6, 6.07) is 9.48. The second-order valence-electron chi connectivity index (χ2n) is 5.36. The summed E-state index contributed by atoms with van der Waals surface area (Å²) in [4.78, 5) is 14.0. The van der Waals surface area contributed by atoms with Crippen LogP contribution in [0.1, 0.15) is 25.3 Å². The summed E-state index contributed by atoms with van der Waals surface area (Å²) >= 11 is 0. The molecule has 2 aliphatic rings. The molecule has 0 aliphatic carbocycles. The lowest BCUT2D eigenvalue weighted by molar-refractivity contribution is 0.0796. The van der Waals surface area contributed by atoms with Crippen molar-refractivity contribution in [3.63, 3.8) is 0 Å². The fraction of sp³-hybridized carbons (Fsp3) is 0.500. The Morgan fingerprint density at radius 2 is 2.05 bits per heavy atom. The number of carbonyl (C=O) groups excluding carboxylic acids is 1. The van der Waals surface area contributed by atoms with Crippen molar-refractivity contribution < 1.29 is 9.53 Å². The summed E-state index contributed by atoms with van der Waals surface area (Å²) in [6.45, 7) is 2.75. The van der Waals surface area contributed by atoms with Crippen molar-refractivity contribution in [1.82, 2.24) is 4.90 Å². The molecule has 0 aromatic heterocycles. The molecule has 7 nitrogen and oxygen atoms in total. The van der Waals surface area contributed by atoms with Crippen molar-refractivity contribution in [1.29, 1.82) is 0 Å². The van der Waals surface area contributed by atoms with E-state index in [2.05, 4.69) is 20.7 Å². The summed E-state index contributed by atoms with van der Waals surface area (Å²) in [6.07, 6.45) is 1.40. The van der Waals surface area contributed by atoms with Crippen molar-refractivity contribution >= 4 is 6.09 Å². The fourth-order valence-corrected chi connectivity index (χ4v) is 2.73. The number of hydrogen-bond acceptors (Lipinski definition) is 6. The van der Waals surface area contributed by atoms with E-state index in [1.807, 2.05) is 37.3 Å². The Labute approximate surface area is 122 Å². The SMILES string of the molecule is CC1(C2CCCN2C(=O)OCc2ccccc2)N=NN=N1. The van der Waals surface area contributed by atoms with E-state index in [0.29, 0.717) is 6.54 Å². The molecule has 1 saturated heterocycles. The standard InChI is InChI=1S/C14H17N5O2/c1-14(15-17-18-16-14)12-8-5-9-19(12)13(20)21-10-11-6-3-2-4-7-11/h2-4,6-7,12H,5,8-10H2,1H3. The zero-order valence-corrected chi connectivity index (χ0v) is 11.8. The van der Waals surface area contributed by atoms with Crippen LogP contribution in [0.3, 0.4) is 0 Å². The van der Waals surface area contributed by atoms with Crippen LogP contribution in [0.4, 0.5) is 4.79 Å². The minimum absolute atomic E-state index is 0.143. The van der Waals surface area contributed by atoms with Crippen LogP contribution in [0, 0.1) is 0 Å². The van der Waals surface area contributed by atoms with E-state index in [0.717, 1.165) is 18.4 Å². The lowest BCUT2D eigenvalue weighted by Crippen LogP contribution is -2.47. The molecule has 1 atom stereocenters. The van der Waals surface area contributed by atoms with E-state index in [1.165, 1.54) is 0 Å². The molecule has 21 heavy (non-hydrogen) atoms. The Hall–Kier alpha value is -2.31. The molecule has 0 radical (unpaired) electrons. The van der Waals surface area contributed by atoms with Crippen molar-refractivity contribution in [2.24, 2.45) is 20.7 Å². The van der Waals surface area contributed by atoms with Gasteiger partial charge in [0.25, 0.3) is 0 Å². The number of hydrogen-bond donors (Lipinski definition) is 0. The van der Waals surface area contributed by atoms with Gasteiger partial charge >= 0.3 is 6.09 Å². The molecule has 1 unspecified atom stereocenters. The Kier molecular flexibility index (Phi) is 3.64. The van der Waals surface area contributed by atoms with Gasteiger partial charge in [-0.05, 0) is 35.8 Å². The quantitative estimate of drug-likeness (QED) is 0.854. The molecular weight excluding hydrogens is 270 g/mol. The molecule has 7 heteroatoms. The average Bonchev–Trinajstić information content (AvgIpc) is 3.15. The molecule has 0 spiro atoms. The molecule has 0 N–H and O–H groups in total. The predicted octanol–water partition coefficient (Wildman–Crippen LogP) is 3.34. The predicted molar refractivity (Wildman–Crippen MR) is 74.5 cm³/mol. The van der Waals surface area contributed by atoms with Gasteiger partial charge in [0.15, 0.2) is 0 Å². The number of carbonyl (C=O) groups is 1. The van der Waals surface area contributed by atoms with E-state index < -0.39 is 5.66 Å². The first kappa shape index (κ1) is 13.7. The highest BCUT2D eigenvalue weighted by molar-refractivity contribution is 5.68. The van der Waals surface area contributed by atoms with Crippen LogP contribution in [0.15, 0.2) is 51.0 Å². The average molecular weight is 287 g/mol. The first-order valence-corrected chi connectivity index (χ1v) is 7.00. The number of nitrogens with zero attached hydrogens (tertiary/aromatic N) is 5. The molecule has 3 rings (SSSR count). The van der Waals surface area contributed by atoms with Crippen molar-refractivity contribution in [2.75, 3.05) is 6.54 Å². The minimum Gasteiger partial charge on any atom is -0.445 e. The third kappa shape index (κ3) is 2.76. The van der Waals surface area contributed by atoms with Crippen LogP contribution < -0.4 is 0 Å². The maximum Gasteiger partial charge on any atom is 0.410 e. The summed E-state index contributed by atoms with van der Waals surface area (Å²) in [7, 11) is 0. The Balaban J connectivity index is 1.64. The zero-order chi connectivity index (χ0) is 14.7. The Morgan fingerprint density at radius 3 is 2.76 bits per heavy atom. The largest absolute Gasteiger partial charge is 0.445 e. The van der Waals surface area contributed by atoms with Gasteiger partial charge in [-0.25, -0.2) is 4.79 Å². The van der Waals surface area contributed by atoms with Gasteiger partial charge in [0.1, 0.15) is 6.61 Å². The minimum atomic E-state index is -0.776. The number of amides is 1. The van der Waals surface area contributed by atoms with Gasteiger partial charge in [-0.1, -0.05) is 30.3 Å². The van der Waals surface area contributed by atoms with E-state index in [-0.39, 0.29) is 18.7 Å². The third-order valence-corrected chi connectivity index (χ3v) is 3.86. The van der Waals surface area contributed by atoms with Crippen molar-refractivity contribution in [3.8, 4) is 0 Å². The molecule has 2 aliphatic heterocycles. The van der Waals surface area contributed by atoms with Crippen LogP contribution in [-0.4, -0.2) is 29.2 Å². The monoisotopic (exact) mass is 287 g/mol. The molecule has 1 aromatic carbocycles. The first-order chi connectivity index (χ1) is 10.2. The maximum absolute atomic E-state index is 12.3. The summed E-state index contributed by atoms with van der Waals surface area (Å²) in [5, 5.41) is 15.2. The van der Waals surface area contributed by atoms with Gasteiger partial charge in [0.05, 0.1) is 6.04 Å². The second kappa shape index (κ2) is 5.59. The lowest BCUT2D eigenvalue weighted by atomic mass is 10.0. The van der Waals surface area contributed by atoms with Crippen LogP contribution >= 0.6 is 0 Å². The normalized spacial score (nSPS) is 22.7. The number of likely N-dealkylation sites (tertiary alicyclic amines) is 1. The van der Waals surface area contributed by atoms with Crippen LogP contribution in [0.25, 0.3) is 0 Å². The highest BCUT2D eigenvalue weighted by atomic mass is 16.6. The molecule has 110 valence electrons. The third-order valence-electron chi connectivity index (χ3n) is 3.86. The smallest absolute Gasteiger partial charge is 0.410 e. The highest BCUT2D eigenvalue weighted by Crippen LogP contribution is 2.34. The first-order valence-electron chi connectivity index (χ1n) is 7.00. The van der Waals surface area contributed by atoms with E-state index in [9.17, 15) is 4.79 Å². The fourth-order valence-electron chi connectivity index (χ4n) is 2.73. The van der Waals surface area contributed by atoms with Gasteiger partial charge in [0, 0.05) is 6.54 Å². The summed E-state index contributed by atoms with van der Waals surface area (Å²) in [5.41, 5.74) is 0.190. The van der Waals surface area contributed by atoms with Gasteiger partial charge in [-0.2, -0.15) is 0 Å². The van der Waals surface area contributed by atoms with Crippen molar-refractivity contribution in [2.45, 2.75) is 38.1 Å². The summed E-state index contributed by atoms with van der Waals surface area (Å²) < 4.78 is 5.39. The van der Waals surface area contributed by atoms with Gasteiger partial charge in [-0.15, -0.1) is 10.2 Å². The van der Waals surface area contributed by atoms with Crippen LogP contribution in [0.2, 0.25) is 0 Å². The number of benzene rings is 1. The Bertz CT molecular complexity index is 560. The Morgan fingerprint density at radius 1 is 1.33 bits per heavy atom. The van der Waals surface area contributed by atoms with Crippen LogP contribution in [0.5, 0.6) is 0 Å². The van der Waals surface area contributed by atoms with E-state index in [4.69, 9.17) is 4.74 Å². The lowest BCUT2D eigenvalue weighted by Gasteiger charge is -2.30. The highest BCUT2D eigenvalue weighted by Gasteiger charge is 2.46. The van der Waals surface area contributed by atoms with E-state index >= 15 is 0 Å². The van der Waals surface area contributed by atoms with Gasteiger partial charge in [0.2, 0.25) is 5.66 Å². The topological polar surface area (TPSA) is 79.0 Å². The summed E-state index contributed by atoms with van der Waals surface area (Å²) in [5.74, 6) is 0. The van der Waals surface area contributed by atoms with E-state index in [1.54, 1.807) is 4.90 Å². The molecule has 1 amide bonds. The molecule has 1 aromatic rings. The van der Waals surface area contributed by atoms with Crippen molar-refractivity contribution in [3.05, 3.63) is 35.9 Å². The molecule has 0 saturated carbocycles. The maximum atomic E-state index is 12.3. The molecule has 2 heterocycles. The number of ether oxygens (including phenoxy) is 1. The second-order valence-corrected chi connectivity index (χ2v) is 5.36. The molecule has 1 fully saturated rings.